The molecule has 180 valence electrons. The number of rotatable bonds is 4. The third-order valence-corrected chi connectivity index (χ3v) is 7.19. The van der Waals surface area contributed by atoms with Crippen LogP contribution in [0, 0.1) is 27.7 Å². The summed E-state index contributed by atoms with van der Waals surface area (Å²) in [7, 11) is 0. The Morgan fingerprint density at radius 3 is 2.49 bits per heavy atom. The Morgan fingerprint density at radius 2 is 1.77 bits per heavy atom. The molecule has 1 aliphatic rings. The van der Waals surface area contributed by atoms with Crippen LogP contribution in [0.25, 0.3) is 5.65 Å². The van der Waals surface area contributed by atoms with E-state index in [1.54, 1.807) is 6.20 Å². The Bertz CT molecular complexity index is 1390. The van der Waals surface area contributed by atoms with E-state index in [4.69, 9.17) is 4.98 Å². The highest BCUT2D eigenvalue weighted by Gasteiger charge is 2.30. The van der Waals surface area contributed by atoms with Crippen molar-refractivity contribution in [1.29, 1.82) is 0 Å². The van der Waals surface area contributed by atoms with Crippen LogP contribution in [-0.2, 0) is 6.42 Å². The highest BCUT2D eigenvalue weighted by Crippen LogP contribution is 2.25. The molecular weight excluding hydrogens is 434 g/mol. The molecule has 0 aliphatic carbocycles. The molecule has 0 saturated carbocycles. The lowest BCUT2D eigenvalue weighted by atomic mass is 10.0. The van der Waals surface area contributed by atoms with Gasteiger partial charge in [0.25, 0.3) is 5.91 Å². The third-order valence-electron chi connectivity index (χ3n) is 7.19. The zero-order chi connectivity index (χ0) is 24.7. The average Bonchev–Trinajstić information content (AvgIpc) is 3.26. The van der Waals surface area contributed by atoms with Crippen molar-refractivity contribution in [2.24, 2.45) is 0 Å². The van der Waals surface area contributed by atoms with Gasteiger partial charge in [-0.25, -0.2) is 9.50 Å². The van der Waals surface area contributed by atoms with E-state index >= 15 is 0 Å². The molecule has 1 atom stereocenters. The first-order valence-electron chi connectivity index (χ1n) is 12.3. The van der Waals surface area contributed by atoms with Crippen LogP contribution >= 0.6 is 0 Å². The summed E-state index contributed by atoms with van der Waals surface area (Å²) in [5.74, 6) is 0.00771. The van der Waals surface area contributed by atoms with Crippen molar-refractivity contribution in [3.63, 3.8) is 0 Å². The van der Waals surface area contributed by atoms with Gasteiger partial charge >= 0.3 is 0 Å². The lowest BCUT2D eigenvalue weighted by Gasteiger charge is -2.41. The predicted molar refractivity (Wildman–Crippen MR) is 140 cm³/mol. The fourth-order valence-corrected chi connectivity index (χ4v) is 5.13. The van der Waals surface area contributed by atoms with Gasteiger partial charge in [-0.2, -0.15) is 5.10 Å². The molecule has 2 aromatic heterocycles. The number of carbonyl (C=O) groups is 1. The Kier molecular flexibility index (Phi) is 6.05. The van der Waals surface area contributed by atoms with Crippen molar-refractivity contribution < 1.29 is 4.79 Å². The average molecular weight is 468 g/mol. The first kappa shape index (κ1) is 23.1. The number of aromatic nitrogens is 3. The van der Waals surface area contributed by atoms with Gasteiger partial charge in [0.05, 0.1) is 6.20 Å². The Morgan fingerprint density at radius 1 is 1.00 bits per heavy atom. The standard InChI is InChI=1S/C29H33N5O/c1-19-9-11-24(12-10-19)16-26-22(4)31-28-27(17-30-34(28)23(26)5)29(35)32-13-14-33(21(3)18-32)25-8-6-7-20(2)15-25/h6-12,15,17,21H,13-14,16,18H2,1-5H3. The van der Waals surface area contributed by atoms with Gasteiger partial charge in [-0.05, 0) is 63.4 Å². The van der Waals surface area contributed by atoms with Gasteiger partial charge in [0.1, 0.15) is 5.56 Å². The summed E-state index contributed by atoms with van der Waals surface area (Å²) in [6.07, 6.45) is 2.48. The van der Waals surface area contributed by atoms with E-state index in [0.29, 0.717) is 24.3 Å². The summed E-state index contributed by atoms with van der Waals surface area (Å²) in [5, 5.41) is 4.58. The number of nitrogens with zero attached hydrogens (tertiary/aromatic N) is 5. The molecule has 0 bridgehead atoms. The van der Waals surface area contributed by atoms with Gasteiger partial charge in [0.15, 0.2) is 5.65 Å². The van der Waals surface area contributed by atoms with Gasteiger partial charge in [0.2, 0.25) is 0 Å². The molecule has 1 aliphatic heterocycles. The van der Waals surface area contributed by atoms with E-state index in [1.807, 2.05) is 16.3 Å². The topological polar surface area (TPSA) is 53.7 Å². The highest BCUT2D eigenvalue weighted by atomic mass is 16.2. The van der Waals surface area contributed by atoms with E-state index in [9.17, 15) is 4.79 Å². The number of amides is 1. The molecule has 0 N–H and O–H groups in total. The van der Waals surface area contributed by atoms with Crippen molar-refractivity contribution in [1.82, 2.24) is 19.5 Å². The quantitative estimate of drug-likeness (QED) is 0.428. The molecule has 5 rings (SSSR count). The SMILES string of the molecule is Cc1ccc(Cc2c(C)nc3c(C(=O)N4CCN(c5cccc(C)c5)C(C)C4)cnn3c2C)cc1. The van der Waals surface area contributed by atoms with Gasteiger partial charge in [-0.1, -0.05) is 42.0 Å². The van der Waals surface area contributed by atoms with Crippen LogP contribution in [0.15, 0.2) is 54.7 Å². The third kappa shape index (κ3) is 4.41. The smallest absolute Gasteiger partial charge is 0.259 e. The normalized spacial score (nSPS) is 16.2. The van der Waals surface area contributed by atoms with Gasteiger partial charge in [-0.15, -0.1) is 0 Å². The van der Waals surface area contributed by atoms with Crippen molar-refractivity contribution >= 4 is 17.2 Å². The molecule has 2 aromatic carbocycles. The number of anilines is 1. The molecular formula is C29H33N5O. The predicted octanol–water partition coefficient (Wildman–Crippen LogP) is 4.90. The van der Waals surface area contributed by atoms with Crippen LogP contribution in [0.5, 0.6) is 0 Å². The first-order valence-corrected chi connectivity index (χ1v) is 12.3. The molecule has 1 amide bonds. The number of piperazine rings is 1. The number of fused-ring (bicyclic) bond motifs is 1. The van der Waals surface area contributed by atoms with Crippen molar-refractivity contribution in [3.8, 4) is 0 Å². The van der Waals surface area contributed by atoms with Gasteiger partial charge in [0, 0.05) is 49.2 Å². The maximum Gasteiger partial charge on any atom is 0.259 e. The van der Waals surface area contributed by atoms with Crippen LogP contribution in [0.4, 0.5) is 5.69 Å². The Hall–Kier alpha value is -3.67. The molecule has 1 unspecified atom stereocenters. The summed E-state index contributed by atoms with van der Waals surface area (Å²) < 4.78 is 1.83. The zero-order valence-electron chi connectivity index (χ0n) is 21.2. The van der Waals surface area contributed by atoms with E-state index in [2.05, 4.69) is 86.2 Å². The van der Waals surface area contributed by atoms with E-state index < -0.39 is 0 Å². The second kappa shape index (κ2) is 9.17. The monoisotopic (exact) mass is 467 g/mol. The molecule has 6 nitrogen and oxygen atoms in total. The Labute approximate surface area is 207 Å². The van der Waals surface area contributed by atoms with Crippen LogP contribution in [0.3, 0.4) is 0 Å². The fraction of sp³-hybridized carbons (Fsp3) is 0.345. The molecule has 35 heavy (non-hydrogen) atoms. The number of hydrogen-bond acceptors (Lipinski definition) is 4. The van der Waals surface area contributed by atoms with Gasteiger partial charge < -0.3 is 9.80 Å². The second-order valence-electron chi connectivity index (χ2n) is 9.85. The van der Waals surface area contributed by atoms with Crippen LogP contribution in [-0.4, -0.2) is 51.1 Å². The summed E-state index contributed by atoms with van der Waals surface area (Å²) in [6.45, 7) is 12.6. The Balaban J connectivity index is 1.38. The van der Waals surface area contributed by atoms with E-state index in [1.165, 1.54) is 22.4 Å². The van der Waals surface area contributed by atoms with Gasteiger partial charge in [-0.3, -0.25) is 4.79 Å². The minimum Gasteiger partial charge on any atom is -0.365 e. The zero-order valence-corrected chi connectivity index (χ0v) is 21.2. The minimum atomic E-state index is 0.00771. The summed E-state index contributed by atoms with van der Waals surface area (Å²) in [4.78, 5) is 22.8. The number of hydrogen-bond donors (Lipinski definition) is 0. The molecule has 3 heterocycles. The number of aryl methyl sites for hydroxylation is 4. The van der Waals surface area contributed by atoms with Crippen LogP contribution < -0.4 is 4.90 Å². The lowest BCUT2D eigenvalue weighted by Crippen LogP contribution is -2.53. The fourth-order valence-electron chi connectivity index (χ4n) is 5.13. The molecule has 0 spiro atoms. The number of benzene rings is 2. The summed E-state index contributed by atoms with van der Waals surface area (Å²) >= 11 is 0. The molecule has 1 fully saturated rings. The minimum absolute atomic E-state index is 0.00771. The van der Waals surface area contributed by atoms with Crippen molar-refractivity contribution in [2.45, 2.75) is 47.1 Å². The van der Waals surface area contributed by atoms with Crippen molar-refractivity contribution in [3.05, 3.63) is 93.9 Å². The highest BCUT2D eigenvalue weighted by molar-refractivity contribution is 6.00. The second-order valence-corrected chi connectivity index (χ2v) is 9.85. The molecule has 4 aromatic rings. The maximum absolute atomic E-state index is 13.6. The molecule has 0 radical (unpaired) electrons. The molecule has 1 saturated heterocycles. The molecule has 6 heteroatoms. The number of carbonyl (C=O) groups excluding carboxylic acids is 1. The van der Waals surface area contributed by atoms with E-state index in [0.717, 1.165) is 29.9 Å². The maximum atomic E-state index is 13.6. The summed E-state index contributed by atoms with van der Waals surface area (Å²) in [6, 6.07) is 17.4. The largest absolute Gasteiger partial charge is 0.365 e. The van der Waals surface area contributed by atoms with Crippen LogP contribution in [0.2, 0.25) is 0 Å². The van der Waals surface area contributed by atoms with Crippen molar-refractivity contribution in [2.75, 3.05) is 24.5 Å². The summed E-state index contributed by atoms with van der Waals surface area (Å²) in [5.41, 5.74) is 9.32. The lowest BCUT2D eigenvalue weighted by molar-refractivity contribution is 0.0728. The first-order chi connectivity index (χ1) is 16.8. The van der Waals surface area contributed by atoms with Crippen LogP contribution in [0.1, 0.15) is 50.9 Å². The van der Waals surface area contributed by atoms with E-state index in [-0.39, 0.29) is 11.9 Å².